The molecule has 0 spiro atoms. The predicted molar refractivity (Wildman–Crippen MR) is 119 cm³/mol. The molecule has 1 aromatic heterocycles. The highest BCUT2D eigenvalue weighted by Gasteiger charge is 2.33. The summed E-state index contributed by atoms with van der Waals surface area (Å²) in [6, 6.07) is 3.66. The van der Waals surface area contributed by atoms with Gasteiger partial charge in [-0.05, 0) is 50.3 Å². The zero-order valence-electron chi connectivity index (χ0n) is 17.6. The molecule has 1 saturated heterocycles. The molecule has 7 nitrogen and oxygen atoms in total. The predicted octanol–water partition coefficient (Wildman–Crippen LogP) is 3.69. The minimum absolute atomic E-state index is 0. The van der Waals surface area contributed by atoms with Crippen molar-refractivity contribution < 1.29 is 18.0 Å². The molecule has 1 aliphatic heterocycles. The summed E-state index contributed by atoms with van der Waals surface area (Å²) in [5.41, 5.74) is 6.45. The van der Waals surface area contributed by atoms with Gasteiger partial charge in [0.25, 0.3) is 0 Å². The fourth-order valence-corrected chi connectivity index (χ4v) is 4.33. The van der Waals surface area contributed by atoms with E-state index in [1.807, 2.05) is 0 Å². The van der Waals surface area contributed by atoms with Gasteiger partial charge in [-0.15, -0.1) is 12.4 Å². The summed E-state index contributed by atoms with van der Waals surface area (Å²) >= 11 is 0. The molecule has 1 aromatic carbocycles. The molecule has 0 radical (unpaired) electrons. The number of aromatic nitrogens is 2. The molecule has 11 heteroatoms. The summed E-state index contributed by atoms with van der Waals surface area (Å²) in [5, 5.41) is 5.63. The van der Waals surface area contributed by atoms with Crippen LogP contribution in [0.3, 0.4) is 0 Å². The van der Waals surface area contributed by atoms with E-state index >= 15 is 0 Å². The van der Waals surface area contributed by atoms with Crippen molar-refractivity contribution in [3.63, 3.8) is 0 Å². The molecule has 0 bridgehead atoms. The molecular formula is C21H26ClF3N6O. The van der Waals surface area contributed by atoms with Crippen LogP contribution in [0.15, 0.2) is 18.2 Å². The normalized spacial score (nSPS) is 18.0. The van der Waals surface area contributed by atoms with Crippen LogP contribution >= 0.6 is 12.4 Å². The van der Waals surface area contributed by atoms with Crippen molar-refractivity contribution in [3.8, 4) is 0 Å². The van der Waals surface area contributed by atoms with E-state index in [1.165, 1.54) is 12.1 Å². The second kappa shape index (κ2) is 9.40. The van der Waals surface area contributed by atoms with Gasteiger partial charge in [0.15, 0.2) is 0 Å². The molecule has 0 unspecified atom stereocenters. The molecule has 2 heterocycles. The number of piperidine rings is 1. The van der Waals surface area contributed by atoms with Gasteiger partial charge in [0.05, 0.1) is 17.2 Å². The third-order valence-electron chi connectivity index (χ3n) is 5.86. The number of halogens is 4. The Labute approximate surface area is 190 Å². The van der Waals surface area contributed by atoms with Gasteiger partial charge >= 0.3 is 6.18 Å². The Morgan fingerprint density at radius 3 is 2.72 bits per heavy atom. The van der Waals surface area contributed by atoms with Crippen molar-refractivity contribution in [2.75, 3.05) is 36.1 Å². The molecule has 4 rings (SSSR count). The lowest BCUT2D eigenvalue weighted by Crippen LogP contribution is -2.43. The number of nitrogens with two attached hydrogens (primary N) is 1. The number of rotatable bonds is 4. The number of nitrogens with zero attached hydrogens (tertiary/aromatic N) is 3. The topological polar surface area (TPSA) is 96.2 Å². The molecule has 1 fully saturated rings. The van der Waals surface area contributed by atoms with Crippen molar-refractivity contribution in [1.82, 2.24) is 15.3 Å². The molecule has 2 aromatic rings. The first-order valence-electron chi connectivity index (χ1n) is 10.4. The maximum Gasteiger partial charge on any atom is 0.418 e. The summed E-state index contributed by atoms with van der Waals surface area (Å²) < 4.78 is 39.6. The zero-order valence-corrected chi connectivity index (χ0v) is 18.4. The minimum atomic E-state index is -4.55. The van der Waals surface area contributed by atoms with Gasteiger partial charge in [-0.25, -0.2) is 4.98 Å². The fraction of sp³-hybridized carbons (Fsp3) is 0.476. The van der Waals surface area contributed by atoms with E-state index in [2.05, 4.69) is 25.5 Å². The number of aryl methyl sites for hydroxylation is 1. The number of alkyl halides is 3. The molecule has 2 aliphatic rings. The molecule has 4 N–H and O–H groups in total. The average Bonchev–Trinajstić information content (AvgIpc) is 3.22. The number of fused-ring (bicyclic) bond motifs is 1. The van der Waals surface area contributed by atoms with Crippen LogP contribution in [-0.4, -0.2) is 36.0 Å². The van der Waals surface area contributed by atoms with E-state index < -0.39 is 11.7 Å². The van der Waals surface area contributed by atoms with E-state index in [1.54, 1.807) is 7.05 Å². The Balaban J connectivity index is 0.00000289. The first-order valence-corrected chi connectivity index (χ1v) is 10.4. The smallest absolute Gasteiger partial charge is 0.398 e. The summed E-state index contributed by atoms with van der Waals surface area (Å²) in [6.45, 7) is 1.33. The van der Waals surface area contributed by atoms with Crippen LogP contribution in [0.2, 0.25) is 0 Å². The Bertz CT molecular complexity index is 1000. The van der Waals surface area contributed by atoms with Crippen molar-refractivity contribution in [2.24, 2.45) is 5.92 Å². The van der Waals surface area contributed by atoms with Crippen LogP contribution in [-0.2, 0) is 23.8 Å². The third kappa shape index (κ3) is 4.85. The second-order valence-corrected chi connectivity index (χ2v) is 7.97. The van der Waals surface area contributed by atoms with Gasteiger partial charge in [-0.3, -0.25) is 4.79 Å². The Morgan fingerprint density at radius 1 is 1.22 bits per heavy atom. The second-order valence-electron chi connectivity index (χ2n) is 7.97. The first-order chi connectivity index (χ1) is 14.8. The quantitative estimate of drug-likeness (QED) is 0.590. The monoisotopic (exact) mass is 470 g/mol. The number of nitrogens with one attached hydrogen (secondary N) is 2. The average molecular weight is 471 g/mol. The number of amides is 1. The van der Waals surface area contributed by atoms with Gasteiger partial charge in [0.2, 0.25) is 11.9 Å². The van der Waals surface area contributed by atoms with Crippen LogP contribution in [0, 0.1) is 5.92 Å². The van der Waals surface area contributed by atoms with E-state index in [9.17, 15) is 18.0 Å². The largest absolute Gasteiger partial charge is 0.418 e. The van der Waals surface area contributed by atoms with E-state index in [4.69, 9.17) is 5.73 Å². The van der Waals surface area contributed by atoms with Crippen molar-refractivity contribution in [3.05, 3.63) is 35.0 Å². The van der Waals surface area contributed by atoms with Crippen LogP contribution in [0.4, 0.5) is 36.3 Å². The molecule has 0 saturated carbocycles. The van der Waals surface area contributed by atoms with Crippen molar-refractivity contribution >= 4 is 41.5 Å². The maximum absolute atomic E-state index is 13.2. The Kier molecular flexibility index (Phi) is 7.02. The standard InChI is InChI=1S/C21H25F3N6O.ClH/c1-26-19(31)12-4-3-9-30(11-12)18-14-5-2-6-17(14)28-20(29-18)27-13-7-8-16(25)15(10-13)21(22,23)24;/h7-8,10,12H,2-6,9,11,25H2,1H3,(H,26,31)(H,27,28,29);1H/t12-;/m1./s1. The number of hydrogen-bond acceptors (Lipinski definition) is 6. The lowest BCUT2D eigenvalue weighted by atomic mass is 9.97. The van der Waals surface area contributed by atoms with E-state index in [0.717, 1.165) is 61.8 Å². The van der Waals surface area contributed by atoms with Gasteiger partial charge < -0.3 is 21.3 Å². The van der Waals surface area contributed by atoms with Gasteiger partial charge in [-0.1, -0.05) is 0 Å². The van der Waals surface area contributed by atoms with Crippen LogP contribution in [0.25, 0.3) is 0 Å². The van der Waals surface area contributed by atoms with Crippen molar-refractivity contribution in [2.45, 2.75) is 38.3 Å². The summed E-state index contributed by atoms with van der Waals surface area (Å²) in [6.07, 6.45) is -0.262. The van der Waals surface area contributed by atoms with Crippen LogP contribution < -0.4 is 21.3 Å². The van der Waals surface area contributed by atoms with Gasteiger partial charge in [-0.2, -0.15) is 18.2 Å². The zero-order chi connectivity index (χ0) is 22.2. The molecule has 1 amide bonds. The van der Waals surface area contributed by atoms with Crippen LogP contribution in [0.5, 0.6) is 0 Å². The third-order valence-corrected chi connectivity index (χ3v) is 5.86. The summed E-state index contributed by atoms with van der Waals surface area (Å²) in [7, 11) is 1.63. The molecule has 174 valence electrons. The molecular weight excluding hydrogens is 445 g/mol. The number of hydrogen-bond donors (Lipinski definition) is 3. The molecule has 1 atom stereocenters. The molecule has 1 aliphatic carbocycles. The summed E-state index contributed by atoms with van der Waals surface area (Å²) in [5.74, 6) is 0.907. The highest BCUT2D eigenvalue weighted by Crippen LogP contribution is 2.36. The SMILES string of the molecule is CNC(=O)[C@@H]1CCCN(c2nc(Nc3ccc(N)c(C(F)(F)F)c3)nc3c2CCC3)C1.Cl. The van der Waals surface area contributed by atoms with E-state index in [0.29, 0.717) is 6.54 Å². The number of carbonyl (C=O) groups excluding carboxylic acids is 1. The number of carbonyl (C=O) groups is 1. The molecule has 32 heavy (non-hydrogen) atoms. The number of benzene rings is 1. The van der Waals surface area contributed by atoms with Crippen molar-refractivity contribution in [1.29, 1.82) is 0 Å². The highest BCUT2D eigenvalue weighted by atomic mass is 35.5. The first kappa shape index (κ1) is 23.9. The van der Waals surface area contributed by atoms with Gasteiger partial charge in [0, 0.05) is 37.1 Å². The van der Waals surface area contributed by atoms with E-state index in [-0.39, 0.29) is 41.6 Å². The lowest BCUT2D eigenvalue weighted by Gasteiger charge is -2.34. The Morgan fingerprint density at radius 2 is 2.00 bits per heavy atom. The number of nitrogen functional groups attached to an aromatic ring is 1. The fourth-order valence-electron chi connectivity index (χ4n) is 4.33. The maximum atomic E-state index is 13.2. The number of anilines is 4. The summed E-state index contributed by atoms with van der Waals surface area (Å²) in [4.78, 5) is 23.4. The minimum Gasteiger partial charge on any atom is -0.398 e. The van der Waals surface area contributed by atoms with Crippen LogP contribution in [0.1, 0.15) is 36.1 Å². The lowest BCUT2D eigenvalue weighted by molar-refractivity contribution is -0.136. The Hall–Kier alpha value is -2.75. The van der Waals surface area contributed by atoms with Gasteiger partial charge in [0.1, 0.15) is 5.82 Å². The highest BCUT2D eigenvalue weighted by molar-refractivity contribution is 5.85.